The van der Waals surface area contributed by atoms with E-state index in [0.29, 0.717) is 28.9 Å². The number of nitrogens with one attached hydrogen (secondary N) is 2. The third kappa shape index (κ3) is 11.7. The van der Waals surface area contributed by atoms with Gasteiger partial charge in [0.05, 0.1) is 5.69 Å². The number of carbonyl (C=O) groups is 3. The normalized spacial score (nSPS) is 10.7. The minimum Gasteiger partial charge on any atom is -0.474 e. The predicted octanol–water partition coefficient (Wildman–Crippen LogP) is 5.77. The van der Waals surface area contributed by atoms with Gasteiger partial charge >= 0.3 is 11.9 Å². The van der Waals surface area contributed by atoms with E-state index in [1.165, 1.54) is 56.3 Å². The molecule has 0 aliphatic heterocycles. The van der Waals surface area contributed by atoms with Gasteiger partial charge in [0, 0.05) is 25.2 Å². The van der Waals surface area contributed by atoms with E-state index in [9.17, 15) is 19.5 Å². The van der Waals surface area contributed by atoms with Gasteiger partial charge in [0.25, 0.3) is 5.91 Å². The molecule has 9 heteroatoms. The Kier molecular flexibility index (Phi) is 14.5. The number of hydrogen-bond acceptors (Lipinski definition) is 6. The quantitative estimate of drug-likeness (QED) is 0.0839. The second kappa shape index (κ2) is 17.9. The van der Waals surface area contributed by atoms with Crippen molar-refractivity contribution in [1.82, 2.24) is 10.2 Å². The average molecular weight is 528 g/mol. The Morgan fingerprint density at radius 3 is 2.03 bits per heavy atom. The molecule has 0 aliphatic rings. The summed E-state index contributed by atoms with van der Waals surface area (Å²) in [4.78, 5) is 41.5. The molecule has 2 aromatic rings. The zero-order valence-electron chi connectivity index (χ0n) is 22.3. The molecule has 0 aliphatic carbocycles. The van der Waals surface area contributed by atoms with Crippen LogP contribution in [0.3, 0.4) is 0 Å². The van der Waals surface area contributed by atoms with Crippen molar-refractivity contribution in [3.63, 3.8) is 0 Å². The van der Waals surface area contributed by atoms with Gasteiger partial charge in [-0.2, -0.15) is 0 Å². The first-order chi connectivity index (χ1) is 18.4. The van der Waals surface area contributed by atoms with E-state index >= 15 is 0 Å². The summed E-state index contributed by atoms with van der Waals surface area (Å²) >= 11 is 0. The van der Waals surface area contributed by atoms with Crippen molar-refractivity contribution in [2.45, 2.75) is 84.2 Å². The van der Waals surface area contributed by atoms with Crippen molar-refractivity contribution in [2.24, 2.45) is 0 Å². The lowest BCUT2D eigenvalue weighted by Crippen LogP contribution is -2.35. The summed E-state index contributed by atoms with van der Waals surface area (Å²) in [5.74, 6) is -2.78. The largest absolute Gasteiger partial charge is 0.474 e. The number of benzene rings is 2. The smallest absolute Gasteiger partial charge is 0.394 e. The lowest BCUT2D eigenvalue weighted by atomic mass is 10.1. The van der Waals surface area contributed by atoms with Crippen LogP contribution in [0.4, 0.5) is 5.69 Å². The summed E-state index contributed by atoms with van der Waals surface area (Å²) in [5.41, 5.74) is 4.56. The minimum absolute atomic E-state index is 0.0322. The van der Waals surface area contributed by atoms with Crippen molar-refractivity contribution in [2.75, 3.05) is 12.0 Å². The lowest BCUT2D eigenvalue weighted by Gasteiger charge is -2.21. The number of nitrogens with zero attached hydrogens (tertiary/aromatic N) is 1. The van der Waals surface area contributed by atoms with Gasteiger partial charge in [-0.3, -0.25) is 9.59 Å². The molecule has 0 heterocycles. The average Bonchev–Trinajstić information content (AvgIpc) is 2.92. The number of unbranched alkanes of at least 4 members (excludes halogenated alkanes) is 9. The van der Waals surface area contributed by atoms with Gasteiger partial charge < -0.3 is 15.3 Å². The van der Waals surface area contributed by atoms with Crippen LogP contribution in [0.25, 0.3) is 0 Å². The summed E-state index contributed by atoms with van der Waals surface area (Å²) in [7, 11) is 0. The van der Waals surface area contributed by atoms with E-state index < -0.39 is 11.9 Å². The molecule has 0 saturated carbocycles. The highest BCUT2D eigenvalue weighted by molar-refractivity contribution is 6.31. The Morgan fingerprint density at radius 2 is 1.42 bits per heavy atom. The fourth-order valence-electron chi connectivity index (χ4n) is 4.23. The molecule has 2 amide bonds. The molecule has 0 radical (unpaired) electrons. The molecule has 9 nitrogen and oxygen atoms in total. The van der Waals surface area contributed by atoms with E-state index in [0.717, 1.165) is 12.8 Å². The highest BCUT2D eigenvalue weighted by Gasteiger charge is 2.22. The maximum Gasteiger partial charge on any atom is 0.394 e. The second-order valence-corrected chi connectivity index (χ2v) is 9.49. The maximum atomic E-state index is 12.6. The molecule has 208 valence electrons. The number of carboxylic acid groups (broad SMARTS) is 1. The van der Waals surface area contributed by atoms with Gasteiger partial charge in [0.15, 0.2) is 0 Å². The first kappa shape index (κ1) is 30.8. The van der Waals surface area contributed by atoms with Crippen molar-refractivity contribution in [3.05, 3.63) is 65.2 Å². The van der Waals surface area contributed by atoms with Gasteiger partial charge in [-0.15, -0.1) is 4.99 Å². The number of hydrogen-bond donors (Lipinski definition) is 4. The predicted molar refractivity (Wildman–Crippen MR) is 146 cm³/mol. The topological polar surface area (TPSA) is 128 Å². The standard InChI is InChI=1S/C29H41N3O6/c1-2-3-4-5-6-7-8-9-10-11-19-30-27(33)25-14-12-13-24(20-25)22-32(28(34)29(35)36)21-23-15-17-26(18-16-23)31-38-37/h12-18,20,31,37H,2-11,19,21-22H2,1H3,(H,30,33)(H,35,36). The Hall–Kier alpha value is -3.43. The molecule has 2 rings (SSSR count). The molecule has 2 aromatic carbocycles. The molecule has 0 atom stereocenters. The Labute approximate surface area is 225 Å². The van der Waals surface area contributed by atoms with Crippen LogP contribution in [0.2, 0.25) is 0 Å². The van der Waals surface area contributed by atoms with Crippen LogP contribution in [0.15, 0.2) is 48.5 Å². The maximum absolute atomic E-state index is 12.6. The summed E-state index contributed by atoms with van der Waals surface area (Å²) in [5, 5.41) is 20.7. The first-order valence-electron chi connectivity index (χ1n) is 13.5. The fraction of sp³-hybridized carbons (Fsp3) is 0.483. The molecular formula is C29H41N3O6. The first-order valence-corrected chi connectivity index (χ1v) is 13.5. The van der Waals surface area contributed by atoms with Gasteiger partial charge in [-0.05, 0) is 41.8 Å². The number of rotatable bonds is 18. The third-order valence-electron chi connectivity index (χ3n) is 6.34. The van der Waals surface area contributed by atoms with Crippen LogP contribution < -0.4 is 10.8 Å². The van der Waals surface area contributed by atoms with Gasteiger partial charge in [0.2, 0.25) is 0 Å². The lowest BCUT2D eigenvalue weighted by molar-refractivity contribution is -0.215. The van der Waals surface area contributed by atoms with Crippen molar-refractivity contribution < 1.29 is 29.7 Å². The third-order valence-corrected chi connectivity index (χ3v) is 6.34. The highest BCUT2D eigenvalue weighted by Crippen LogP contribution is 2.15. The number of carbonyl (C=O) groups excluding carboxylic acids is 2. The molecule has 4 N–H and O–H groups in total. The van der Waals surface area contributed by atoms with Gasteiger partial charge in [0.1, 0.15) is 0 Å². The van der Waals surface area contributed by atoms with Crippen LogP contribution in [0, 0.1) is 0 Å². The minimum atomic E-state index is -1.55. The summed E-state index contributed by atoms with van der Waals surface area (Å²) in [6.07, 6.45) is 12.3. The fourth-order valence-corrected chi connectivity index (χ4v) is 4.23. The highest BCUT2D eigenvalue weighted by atomic mass is 17.2. The molecule has 0 fully saturated rings. The zero-order valence-corrected chi connectivity index (χ0v) is 22.3. The van der Waals surface area contributed by atoms with Crippen molar-refractivity contribution in [3.8, 4) is 0 Å². The summed E-state index contributed by atoms with van der Waals surface area (Å²) in [6, 6.07) is 13.5. The molecular weight excluding hydrogens is 486 g/mol. The van der Waals surface area contributed by atoms with Crippen LogP contribution in [0.5, 0.6) is 0 Å². The van der Waals surface area contributed by atoms with Gasteiger partial charge in [-0.25, -0.2) is 15.5 Å². The number of aliphatic carboxylic acids is 1. The SMILES string of the molecule is CCCCCCCCCCCCNC(=O)c1cccc(CN(Cc2ccc(NOO)cc2)C(=O)C(=O)O)c1. The molecule has 0 bridgehead atoms. The van der Waals surface area contributed by atoms with Crippen LogP contribution in [-0.2, 0) is 27.7 Å². The molecule has 0 saturated heterocycles. The van der Waals surface area contributed by atoms with Crippen LogP contribution >= 0.6 is 0 Å². The molecule has 38 heavy (non-hydrogen) atoms. The van der Waals surface area contributed by atoms with Crippen molar-refractivity contribution >= 4 is 23.5 Å². The molecule has 0 spiro atoms. The Bertz CT molecular complexity index is 996. The van der Waals surface area contributed by atoms with Crippen molar-refractivity contribution in [1.29, 1.82) is 0 Å². The number of carboxylic acids is 1. The molecule has 0 unspecified atom stereocenters. The van der Waals surface area contributed by atoms with E-state index in [1.54, 1.807) is 48.5 Å². The number of amides is 2. The summed E-state index contributed by atoms with van der Waals surface area (Å²) < 4.78 is 0. The van der Waals surface area contributed by atoms with E-state index in [4.69, 9.17) is 5.26 Å². The molecule has 0 aromatic heterocycles. The van der Waals surface area contributed by atoms with E-state index in [2.05, 4.69) is 22.7 Å². The number of anilines is 1. The Balaban J connectivity index is 1.83. The monoisotopic (exact) mass is 527 g/mol. The van der Waals surface area contributed by atoms with E-state index in [1.807, 2.05) is 0 Å². The van der Waals surface area contributed by atoms with Crippen LogP contribution in [0.1, 0.15) is 92.6 Å². The summed E-state index contributed by atoms with van der Waals surface area (Å²) in [6.45, 7) is 2.92. The van der Waals surface area contributed by atoms with Gasteiger partial charge in [-0.1, -0.05) is 89.0 Å². The Morgan fingerprint density at radius 1 is 0.816 bits per heavy atom. The second-order valence-electron chi connectivity index (χ2n) is 9.49. The zero-order chi connectivity index (χ0) is 27.6. The van der Waals surface area contributed by atoms with Crippen LogP contribution in [-0.4, -0.2) is 39.6 Å². The van der Waals surface area contributed by atoms with E-state index in [-0.39, 0.29) is 19.0 Å².